The molecular weight excluding hydrogens is 255 g/mol. The van der Waals surface area contributed by atoms with E-state index in [2.05, 4.69) is 22.0 Å². The van der Waals surface area contributed by atoms with Crippen molar-refractivity contribution in [2.75, 3.05) is 19.6 Å². The van der Waals surface area contributed by atoms with Crippen LogP contribution in [-0.4, -0.2) is 34.7 Å². The molecule has 0 fully saturated rings. The molecule has 0 aliphatic rings. The molecule has 1 aromatic heterocycles. The second-order valence-corrected chi connectivity index (χ2v) is 4.84. The van der Waals surface area contributed by atoms with Crippen LogP contribution in [0.3, 0.4) is 0 Å². The smallest absolute Gasteiger partial charge is 0.123 e. The van der Waals surface area contributed by atoms with E-state index in [1.54, 1.807) is 12.1 Å². The van der Waals surface area contributed by atoms with Gasteiger partial charge in [0, 0.05) is 30.8 Å². The molecule has 0 saturated carbocycles. The summed E-state index contributed by atoms with van der Waals surface area (Å²) in [5.74, 6) is -0.231. The molecule has 2 aromatic rings. The van der Waals surface area contributed by atoms with Crippen LogP contribution in [0.4, 0.5) is 4.39 Å². The molecule has 0 aliphatic carbocycles. The van der Waals surface area contributed by atoms with Crippen molar-refractivity contribution >= 4 is 0 Å². The van der Waals surface area contributed by atoms with Crippen molar-refractivity contribution in [2.24, 2.45) is 5.73 Å². The lowest BCUT2D eigenvalue weighted by Crippen LogP contribution is -2.29. The first-order valence-corrected chi connectivity index (χ1v) is 6.95. The van der Waals surface area contributed by atoms with E-state index in [9.17, 15) is 4.39 Å². The predicted molar refractivity (Wildman–Crippen MR) is 78.6 cm³/mol. The lowest BCUT2D eigenvalue weighted by Gasteiger charge is -2.20. The third kappa shape index (κ3) is 3.65. The van der Waals surface area contributed by atoms with E-state index in [1.165, 1.54) is 12.1 Å². The zero-order valence-corrected chi connectivity index (χ0v) is 11.8. The Kier molecular flexibility index (Phi) is 5.26. The molecule has 2 rings (SSSR count). The first kappa shape index (κ1) is 14.7. The summed E-state index contributed by atoms with van der Waals surface area (Å²) >= 11 is 0. The molecule has 108 valence electrons. The molecule has 0 aliphatic heterocycles. The Balaban J connectivity index is 2.17. The Labute approximate surface area is 118 Å². The highest BCUT2D eigenvalue weighted by Gasteiger charge is 2.11. The summed E-state index contributed by atoms with van der Waals surface area (Å²) in [6.45, 7) is 5.46. The quantitative estimate of drug-likeness (QED) is 0.816. The number of rotatable bonds is 7. The van der Waals surface area contributed by atoms with E-state index in [0.717, 1.165) is 42.9 Å². The van der Waals surface area contributed by atoms with E-state index in [1.807, 2.05) is 6.20 Å². The number of nitrogens with zero attached hydrogens (tertiary/aromatic N) is 2. The number of hydrogen-bond acceptors (Lipinski definition) is 3. The number of halogens is 1. The van der Waals surface area contributed by atoms with Crippen molar-refractivity contribution in [3.8, 4) is 11.3 Å². The third-order valence-corrected chi connectivity index (χ3v) is 3.23. The number of aromatic amines is 1. The number of hydrogen-bond donors (Lipinski definition) is 2. The molecule has 0 radical (unpaired) electrons. The molecule has 0 unspecified atom stereocenters. The van der Waals surface area contributed by atoms with Gasteiger partial charge in [-0.1, -0.05) is 6.92 Å². The SMILES string of the molecule is CCCN(CCN)Cc1cn[nH]c1-c1ccc(F)cc1. The lowest BCUT2D eigenvalue weighted by molar-refractivity contribution is 0.274. The molecule has 5 heteroatoms. The van der Waals surface area contributed by atoms with Crippen LogP contribution < -0.4 is 5.73 Å². The third-order valence-electron chi connectivity index (χ3n) is 3.23. The summed E-state index contributed by atoms with van der Waals surface area (Å²) in [4.78, 5) is 2.30. The van der Waals surface area contributed by atoms with Crippen molar-refractivity contribution < 1.29 is 4.39 Å². The van der Waals surface area contributed by atoms with Crippen molar-refractivity contribution in [2.45, 2.75) is 19.9 Å². The molecule has 3 N–H and O–H groups in total. The molecule has 0 bridgehead atoms. The highest BCUT2D eigenvalue weighted by molar-refractivity contribution is 5.62. The van der Waals surface area contributed by atoms with E-state index < -0.39 is 0 Å². The molecule has 20 heavy (non-hydrogen) atoms. The second-order valence-electron chi connectivity index (χ2n) is 4.84. The van der Waals surface area contributed by atoms with Crippen molar-refractivity contribution in [1.82, 2.24) is 15.1 Å². The van der Waals surface area contributed by atoms with Crippen LogP contribution in [0.15, 0.2) is 30.5 Å². The Morgan fingerprint density at radius 3 is 2.65 bits per heavy atom. The minimum Gasteiger partial charge on any atom is -0.329 e. The minimum absolute atomic E-state index is 0.231. The maximum absolute atomic E-state index is 13.0. The first-order valence-electron chi connectivity index (χ1n) is 6.95. The average Bonchev–Trinajstić information content (AvgIpc) is 2.88. The molecule has 4 nitrogen and oxygen atoms in total. The number of H-pyrrole nitrogens is 1. The van der Waals surface area contributed by atoms with Gasteiger partial charge >= 0.3 is 0 Å². The van der Waals surface area contributed by atoms with Gasteiger partial charge in [0.05, 0.1) is 11.9 Å². The normalized spacial score (nSPS) is 11.2. The molecule has 1 heterocycles. The van der Waals surface area contributed by atoms with Crippen molar-refractivity contribution in [1.29, 1.82) is 0 Å². The van der Waals surface area contributed by atoms with Crippen LogP contribution in [0.25, 0.3) is 11.3 Å². The van der Waals surface area contributed by atoms with Crippen LogP contribution in [0, 0.1) is 5.82 Å². The summed E-state index contributed by atoms with van der Waals surface area (Å²) in [6, 6.07) is 6.45. The monoisotopic (exact) mass is 276 g/mol. The summed E-state index contributed by atoms with van der Waals surface area (Å²) in [5, 5.41) is 7.12. The maximum Gasteiger partial charge on any atom is 0.123 e. The number of nitrogens with one attached hydrogen (secondary N) is 1. The van der Waals surface area contributed by atoms with Gasteiger partial charge in [0.2, 0.25) is 0 Å². The Morgan fingerprint density at radius 2 is 2.00 bits per heavy atom. The summed E-state index contributed by atoms with van der Waals surface area (Å²) in [5.41, 5.74) is 8.65. The van der Waals surface area contributed by atoms with Gasteiger partial charge in [-0.25, -0.2) is 4.39 Å². The summed E-state index contributed by atoms with van der Waals surface area (Å²) in [7, 11) is 0. The van der Waals surface area contributed by atoms with Crippen LogP contribution in [0.1, 0.15) is 18.9 Å². The fourth-order valence-corrected chi connectivity index (χ4v) is 2.31. The van der Waals surface area contributed by atoms with Gasteiger partial charge in [0.15, 0.2) is 0 Å². The van der Waals surface area contributed by atoms with Crippen LogP contribution in [0.2, 0.25) is 0 Å². The predicted octanol–water partition coefficient (Wildman–Crippen LogP) is 2.39. The van der Waals surface area contributed by atoms with Gasteiger partial charge < -0.3 is 5.73 Å². The van der Waals surface area contributed by atoms with Gasteiger partial charge in [-0.3, -0.25) is 10.00 Å². The molecular formula is C15H21FN4. The Morgan fingerprint density at radius 1 is 1.25 bits per heavy atom. The van der Waals surface area contributed by atoms with E-state index in [-0.39, 0.29) is 5.82 Å². The number of aromatic nitrogens is 2. The fourth-order valence-electron chi connectivity index (χ4n) is 2.31. The summed E-state index contributed by atoms with van der Waals surface area (Å²) < 4.78 is 13.0. The Bertz CT molecular complexity index is 515. The Hall–Kier alpha value is -1.72. The van der Waals surface area contributed by atoms with Gasteiger partial charge in [-0.15, -0.1) is 0 Å². The first-order chi connectivity index (χ1) is 9.74. The summed E-state index contributed by atoms with van der Waals surface area (Å²) in [6.07, 6.45) is 2.92. The van der Waals surface area contributed by atoms with Crippen molar-refractivity contribution in [3.05, 3.63) is 41.8 Å². The van der Waals surface area contributed by atoms with Crippen LogP contribution in [0.5, 0.6) is 0 Å². The standard InChI is InChI=1S/C15H21FN4/c1-2-8-20(9-7-17)11-13-10-18-19-15(13)12-3-5-14(16)6-4-12/h3-6,10H,2,7-9,11,17H2,1H3,(H,18,19). The zero-order valence-electron chi connectivity index (χ0n) is 11.8. The maximum atomic E-state index is 13.0. The second kappa shape index (κ2) is 7.17. The lowest BCUT2D eigenvalue weighted by atomic mass is 10.1. The van der Waals surface area contributed by atoms with Gasteiger partial charge in [0.25, 0.3) is 0 Å². The fraction of sp³-hybridized carbons (Fsp3) is 0.400. The molecule has 0 spiro atoms. The molecule has 0 amide bonds. The van der Waals surface area contributed by atoms with E-state index in [0.29, 0.717) is 6.54 Å². The van der Waals surface area contributed by atoms with E-state index >= 15 is 0 Å². The van der Waals surface area contributed by atoms with Gasteiger partial charge in [-0.05, 0) is 37.2 Å². The number of nitrogens with two attached hydrogens (primary N) is 1. The van der Waals surface area contributed by atoms with Crippen molar-refractivity contribution in [3.63, 3.8) is 0 Å². The zero-order chi connectivity index (χ0) is 14.4. The van der Waals surface area contributed by atoms with Gasteiger partial charge in [-0.2, -0.15) is 5.10 Å². The largest absolute Gasteiger partial charge is 0.329 e. The molecule has 0 atom stereocenters. The van der Waals surface area contributed by atoms with Crippen LogP contribution >= 0.6 is 0 Å². The minimum atomic E-state index is -0.231. The number of benzene rings is 1. The van der Waals surface area contributed by atoms with E-state index in [4.69, 9.17) is 5.73 Å². The topological polar surface area (TPSA) is 57.9 Å². The molecule has 0 saturated heterocycles. The highest BCUT2D eigenvalue weighted by atomic mass is 19.1. The average molecular weight is 276 g/mol. The highest BCUT2D eigenvalue weighted by Crippen LogP contribution is 2.22. The van der Waals surface area contributed by atoms with Gasteiger partial charge in [0.1, 0.15) is 5.82 Å². The molecule has 1 aromatic carbocycles. The van der Waals surface area contributed by atoms with Crippen LogP contribution in [-0.2, 0) is 6.54 Å².